The first-order valence-electron chi connectivity index (χ1n) is 6.92. The number of fused-ring (bicyclic) bond motifs is 2. The van der Waals surface area contributed by atoms with Gasteiger partial charge in [-0.15, -0.1) is 11.3 Å². The monoisotopic (exact) mass is 314 g/mol. The molecule has 3 aromatic rings. The third-order valence-corrected chi connectivity index (χ3v) is 4.58. The van der Waals surface area contributed by atoms with E-state index in [1.165, 1.54) is 11.3 Å². The number of hydrogen-bond donors (Lipinski definition) is 1. The van der Waals surface area contributed by atoms with Crippen molar-refractivity contribution in [1.82, 2.24) is 0 Å². The Morgan fingerprint density at radius 3 is 2.68 bits per heavy atom. The molecule has 1 aromatic heterocycles. The molecule has 5 heteroatoms. The predicted molar refractivity (Wildman–Crippen MR) is 87.2 cm³/mol. The molecule has 0 fully saturated rings. The number of aliphatic hydroxyl groups excluding tert-OH is 1. The number of aliphatic hydroxyl groups is 1. The van der Waals surface area contributed by atoms with Gasteiger partial charge in [0, 0.05) is 20.2 Å². The van der Waals surface area contributed by atoms with Crippen LogP contribution in [-0.4, -0.2) is 17.7 Å². The van der Waals surface area contributed by atoms with Crippen LogP contribution in [0, 0.1) is 0 Å². The van der Waals surface area contributed by atoms with Crippen molar-refractivity contribution in [2.75, 3.05) is 6.61 Å². The van der Waals surface area contributed by atoms with Gasteiger partial charge in [0.05, 0.1) is 6.61 Å². The molecule has 1 atom stereocenters. The summed E-state index contributed by atoms with van der Waals surface area (Å²) in [7, 11) is 0. The fraction of sp³-hybridized carbons (Fsp3) is 0.176. The highest BCUT2D eigenvalue weighted by atomic mass is 32.1. The standard InChI is InChI=1S/C17H14O4S/c1-2-21-17(20)15(18)10-7-8-14-12(9-10)16(19)11-5-3-4-6-13(11)22-14/h3-9,15,18H,2H2,1H3. The van der Waals surface area contributed by atoms with Gasteiger partial charge in [0.1, 0.15) is 0 Å². The number of hydrogen-bond acceptors (Lipinski definition) is 5. The minimum atomic E-state index is -1.37. The SMILES string of the molecule is CCOC(=O)C(O)c1ccc2sc3ccccc3c(=O)c2c1. The van der Waals surface area contributed by atoms with E-state index in [-0.39, 0.29) is 12.0 Å². The summed E-state index contributed by atoms with van der Waals surface area (Å²) in [4.78, 5) is 24.2. The molecule has 0 spiro atoms. The quantitative estimate of drug-likeness (QED) is 0.596. The summed E-state index contributed by atoms with van der Waals surface area (Å²) in [5.41, 5.74) is 0.271. The van der Waals surface area contributed by atoms with Crippen molar-refractivity contribution in [3.63, 3.8) is 0 Å². The summed E-state index contributed by atoms with van der Waals surface area (Å²) >= 11 is 1.51. The number of ether oxygens (including phenoxy) is 1. The molecule has 0 aliphatic carbocycles. The molecule has 112 valence electrons. The summed E-state index contributed by atoms with van der Waals surface area (Å²) < 4.78 is 6.54. The fourth-order valence-electron chi connectivity index (χ4n) is 2.35. The van der Waals surface area contributed by atoms with Crippen molar-refractivity contribution < 1.29 is 14.6 Å². The first kappa shape index (κ1) is 14.7. The minimum Gasteiger partial charge on any atom is -0.464 e. The largest absolute Gasteiger partial charge is 0.464 e. The van der Waals surface area contributed by atoms with Crippen LogP contribution in [0.5, 0.6) is 0 Å². The highest BCUT2D eigenvalue weighted by molar-refractivity contribution is 7.24. The van der Waals surface area contributed by atoms with E-state index in [9.17, 15) is 14.7 Å². The highest BCUT2D eigenvalue weighted by Gasteiger charge is 2.19. The zero-order valence-corrected chi connectivity index (χ0v) is 12.7. The van der Waals surface area contributed by atoms with Crippen molar-refractivity contribution in [2.45, 2.75) is 13.0 Å². The van der Waals surface area contributed by atoms with E-state index in [4.69, 9.17) is 4.74 Å². The van der Waals surface area contributed by atoms with Crippen LogP contribution in [0.3, 0.4) is 0 Å². The maximum Gasteiger partial charge on any atom is 0.339 e. The van der Waals surface area contributed by atoms with Crippen LogP contribution in [0.25, 0.3) is 20.2 Å². The third kappa shape index (κ3) is 2.49. The Bertz CT molecular complexity index is 913. The molecule has 1 unspecified atom stereocenters. The zero-order chi connectivity index (χ0) is 15.7. The smallest absolute Gasteiger partial charge is 0.339 e. The molecule has 3 rings (SSSR count). The molecular formula is C17H14O4S. The molecule has 0 amide bonds. The van der Waals surface area contributed by atoms with Crippen molar-refractivity contribution in [2.24, 2.45) is 0 Å². The Kier molecular flexibility index (Phi) is 3.92. The zero-order valence-electron chi connectivity index (χ0n) is 11.9. The van der Waals surface area contributed by atoms with E-state index < -0.39 is 12.1 Å². The Labute approximate surface area is 130 Å². The van der Waals surface area contributed by atoms with Gasteiger partial charge in [0.2, 0.25) is 0 Å². The van der Waals surface area contributed by atoms with Crippen LogP contribution < -0.4 is 5.43 Å². The summed E-state index contributed by atoms with van der Waals surface area (Å²) in [6.45, 7) is 1.87. The van der Waals surface area contributed by atoms with Crippen LogP contribution in [0.1, 0.15) is 18.6 Å². The lowest BCUT2D eigenvalue weighted by molar-refractivity contribution is -0.153. The molecule has 4 nitrogen and oxygen atoms in total. The van der Waals surface area contributed by atoms with Crippen molar-refractivity contribution >= 4 is 37.5 Å². The van der Waals surface area contributed by atoms with Gasteiger partial charge in [0.25, 0.3) is 0 Å². The summed E-state index contributed by atoms with van der Waals surface area (Å²) in [6.07, 6.45) is -1.37. The van der Waals surface area contributed by atoms with Gasteiger partial charge < -0.3 is 9.84 Å². The van der Waals surface area contributed by atoms with Crippen molar-refractivity contribution in [3.05, 3.63) is 58.3 Å². The van der Waals surface area contributed by atoms with Crippen LogP contribution in [0.2, 0.25) is 0 Å². The number of esters is 1. The maximum atomic E-state index is 12.6. The van der Waals surface area contributed by atoms with Crippen LogP contribution in [0.4, 0.5) is 0 Å². The van der Waals surface area contributed by atoms with E-state index >= 15 is 0 Å². The van der Waals surface area contributed by atoms with E-state index in [2.05, 4.69) is 0 Å². The number of rotatable bonds is 3. The average Bonchev–Trinajstić information content (AvgIpc) is 2.54. The molecule has 22 heavy (non-hydrogen) atoms. The van der Waals surface area contributed by atoms with Gasteiger partial charge in [-0.25, -0.2) is 4.79 Å². The third-order valence-electron chi connectivity index (χ3n) is 3.43. The molecule has 0 aliphatic rings. The Hall–Kier alpha value is -2.24. The molecule has 1 heterocycles. The van der Waals surface area contributed by atoms with Gasteiger partial charge in [0.15, 0.2) is 11.5 Å². The second-order valence-electron chi connectivity index (χ2n) is 4.84. The normalized spacial score (nSPS) is 12.5. The molecule has 1 N–H and O–H groups in total. The molecule has 0 aliphatic heterocycles. The lowest BCUT2D eigenvalue weighted by Gasteiger charge is -2.10. The first-order chi connectivity index (χ1) is 10.6. The van der Waals surface area contributed by atoms with E-state index in [1.54, 1.807) is 31.2 Å². The summed E-state index contributed by atoms with van der Waals surface area (Å²) in [5, 5.41) is 11.2. The van der Waals surface area contributed by atoms with Crippen LogP contribution in [0.15, 0.2) is 47.3 Å². The Morgan fingerprint density at radius 1 is 1.18 bits per heavy atom. The number of carbonyl (C=O) groups is 1. The van der Waals surface area contributed by atoms with Crippen LogP contribution >= 0.6 is 11.3 Å². The van der Waals surface area contributed by atoms with Crippen LogP contribution in [-0.2, 0) is 9.53 Å². The Balaban J connectivity index is 2.17. The maximum absolute atomic E-state index is 12.6. The highest BCUT2D eigenvalue weighted by Crippen LogP contribution is 2.27. The minimum absolute atomic E-state index is 0.0951. The lowest BCUT2D eigenvalue weighted by atomic mass is 10.1. The first-order valence-corrected chi connectivity index (χ1v) is 7.73. The molecule has 0 bridgehead atoms. The second-order valence-corrected chi connectivity index (χ2v) is 5.92. The molecule has 2 aromatic carbocycles. The predicted octanol–water partition coefficient (Wildman–Crippen LogP) is 3.01. The van der Waals surface area contributed by atoms with Crippen molar-refractivity contribution in [1.29, 1.82) is 0 Å². The fourth-order valence-corrected chi connectivity index (χ4v) is 3.40. The van der Waals surface area contributed by atoms with Gasteiger partial charge >= 0.3 is 5.97 Å². The lowest BCUT2D eigenvalue weighted by Crippen LogP contribution is -2.15. The van der Waals surface area contributed by atoms with Gasteiger partial charge in [-0.3, -0.25) is 4.79 Å². The van der Waals surface area contributed by atoms with Gasteiger partial charge in [-0.1, -0.05) is 18.2 Å². The molecule has 0 saturated heterocycles. The average molecular weight is 314 g/mol. The molecule has 0 saturated carbocycles. The summed E-state index contributed by atoms with van der Waals surface area (Å²) in [6, 6.07) is 12.4. The topological polar surface area (TPSA) is 63.6 Å². The second kappa shape index (κ2) is 5.87. The number of carbonyl (C=O) groups excluding carboxylic acids is 1. The molecular weight excluding hydrogens is 300 g/mol. The van der Waals surface area contributed by atoms with E-state index in [0.717, 1.165) is 9.40 Å². The summed E-state index contributed by atoms with van der Waals surface area (Å²) in [5.74, 6) is -0.709. The van der Waals surface area contributed by atoms with Gasteiger partial charge in [-0.2, -0.15) is 0 Å². The van der Waals surface area contributed by atoms with E-state index in [0.29, 0.717) is 16.3 Å². The Morgan fingerprint density at radius 2 is 1.91 bits per heavy atom. The number of benzene rings is 2. The van der Waals surface area contributed by atoms with Crippen molar-refractivity contribution in [3.8, 4) is 0 Å². The molecule has 0 radical (unpaired) electrons. The van der Waals surface area contributed by atoms with Gasteiger partial charge in [-0.05, 0) is 36.8 Å². The van der Waals surface area contributed by atoms with E-state index in [1.807, 2.05) is 18.2 Å².